The average Bonchev–Trinajstić information content (AvgIpc) is 1.51. The van der Waals surface area contributed by atoms with Gasteiger partial charge >= 0.3 is 0 Å². The zero-order valence-electron chi connectivity index (χ0n) is 64.5. The highest BCUT2D eigenvalue weighted by Crippen LogP contribution is 2.53. The standard InChI is InChI=1S/C92H116N2O4/c1-55-43-73(71-45-61(91(21,22)53-85(3,4)5)51-79(81(71)95)93-75-47-57(87(9,10)11)33-37-65(75)66-38-34-58(48-76(66)93)88(12,13)14)83(69-31-27-29-63(55)69)97-41-25-26-42-98-84-70-32-28-30-64(70)56(2)44-74(84)72-46-62(92(23,24)54-86(6,7)8)52-80(82(72)96)94-77-49-59(89(15,16)17)35-39-67(77)68-40-36-60(50-78(68)94)90(18,19)20/h33-40,43-52,95-96H,25-32,41-42,53-54H2,1-24H3. The molecule has 6 nitrogen and oxygen atoms in total. The van der Waals surface area contributed by atoms with E-state index in [0.29, 0.717) is 13.2 Å². The van der Waals surface area contributed by atoms with E-state index in [1.165, 1.54) is 88.3 Å². The largest absolute Gasteiger partial charge is 0.505 e. The maximum Gasteiger partial charge on any atom is 0.147 e. The van der Waals surface area contributed by atoms with Gasteiger partial charge in [0, 0.05) is 43.8 Å². The smallest absolute Gasteiger partial charge is 0.147 e. The summed E-state index contributed by atoms with van der Waals surface area (Å²) in [6, 6.07) is 41.7. The highest BCUT2D eigenvalue weighted by molar-refractivity contribution is 6.11. The molecule has 98 heavy (non-hydrogen) atoms. The molecular formula is C92H116N2O4. The van der Waals surface area contributed by atoms with Crippen LogP contribution in [0, 0.1) is 24.7 Å². The van der Waals surface area contributed by atoms with Crippen molar-refractivity contribution in [1.82, 2.24) is 9.13 Å². The SMILES string of the molecule is Cc1cc(-c2cc(C(C)(C)CC(C)(C)C)cc(-n3c4cc(C(C)(C)C)ccc4c4ccc(C(C)(C)C)cc43)c2O)c(OCCCCOc2c(-c3cc(C(C)(C)CC(C)(C)C)cc(-n4c5cc(C(C)(C)C)ccc5c5ccc(C(C)(C)C)cc54)c3O)cc(C)c3c2CCC3)c2c1CCC2. The predicted octanol–water partition coefficient (Wildman–Crippen LogP) is 25.1. The van der Waals surface area contributed by atoms with Crippen LogP contribution in [-0.2, 0) is 58.2 Å². The van der Waals surface area contributed by atoms with Gasteiger partial charge in [-0.15, -0.1) is 0 Å². The first-order chi connectivity index (χ1) is 45.5. The molecule has 6 heteroatoms. The van der Waals surface area contributed by atoms with Gasteiger partial charge in [-0.25, -0.2) is 0 Å². The lowest BCUT2D eigenvalue weighted by Gasteiger charge is -2.34. The lowest BCUT2D eigenvalue weighted by molar-refractivity contribution is 0.265. The fourth-order valence-corrected chi connectivity index (χ4v) is 17.3. The average molecular weight is 1310 g/mol. The van der Waals surface area contributed by atoms with Gasteiger partial charge in [0.25, 0.3) is 0 Å². The van der Waals surface area contributed by atoms with Gasteiger partial charge in [0.05, 0.1) is 46.7 Å². The Hall–Kier alpha value is -7.44. The van der Waals surface area contributed by atoms with E-state index >= 15 is 0 Å². The van der Waals surface area contributed by atoms with Crippen LogP contribution in [-0.4, -0.2) is 32.6 Å². The van der Waals surface area contributed by atoms with Crippen molar-refractivity contribution in [2.24, 2.45) is 10.8 Å². The summed E-state index contributed by atoms with van der Waals surface area (Å²) in [5.74, 6) is 2.32. The molecule has 0 aliphatic heterocycles. The molecule has 0 atom stereocenters. The lowest BCUT2D eigenvalue weighted by atomic mass is 9.71. The maximum absolute atomic E-state index is 13.5. The van der Waals surface area contributed by atoms with Crippen molar-refractivity contribution in [1.29, 1.82) is 0 Å². The van der Waals surface area contributed by atoms with Crippen molar-refractivity contribution in [3.8, 4) is 56.6 Å². The molecule has 2 aromatic heterocycles. The summed E-state index contributed by atoms with van der Waals surface area (Å²) < 4.78 is 19.4. The second-order valence-corrected chi connectivity index (χ2v) is 37.8. The molecule has 0 spiro atoms. The third kappa shape index (κ3) is 13.3. The van der Waals surface area contributed by atoms with Crippen LogP contribution in [0.1, 0.15) is 258 Å². The Bertz CT molecular complexity index is 4330. The van der Waals surface area contributed by atoms with E-state index < -0.39 is 0 Å². The fourth-order valence-electron chi connectivity index (χ4n) is 17.3. The Labute approximate surface area is 588 Å². The molecule has 0 fully saturated rings. The monoisotopic (exact) mass is 1310 g/mol. The van der Waals surface area contributed by atoms with Gasteiger partial charge in [-0.3, -0.25) is 0 Å². The topological polar surface area (TPSA) is 68.8 Å². The zero-order chi connectivity index (χ0) is 71.1. The summed E-state index contributed by atoms with van der Waals surface area (Å²) in [5, 5.41) is 31.8. The van der Waals surface area contributed by atoms with Gasteiger partial charge < -0.3 is 28.8 Å². The molecule has 0 amide bonds. The van der Waals surface area contributed by atoms with Crippen LogP contribution < -0.4 is 9.47 Å². The molecule has 0 saturated heterocycles. The minimum atomic E-state index is -0.252. The van der Waals surface area contributed by atoms with Crippen molar-refractivity contribution >= 4 is 43.6 Å². The number of ether oxygens (including phenoxy) is 2. The van der Waals surface area contributed by atoms with E-state index in [-0.39, 0.29) is 54.8 Å². The number of fused-ring (bicyclic) bond motifs is 8. The van der Waals surface area contributed by atoms with E-state index in [1.54, 1.807) is 0 Å². The zero-order valence-corrected chi connectivity index (χ0v) is 64.5. The maximum atomic E-state index is 13.5. The number of aromatic hydroxyl groups is 2. The van der Waals surface area contributed by atoms with E-state index in [1.807, 2.05) is 0 Å². The number of hydrogen-bond donors (Lipinski definition) is 2. The van der Waals surface area contributed by atoms with Crippen molar-refractivity contribution in [2.45, 2.75) is 263 Å². The molecule has 0 saturated carbocycles. The van der Waals surface area contributed by atoms with E-state index in [2.05, 4.69) is 284 Å². The number of aryl methyl sites for hydroxylation is 2. The molecular weight excluding hydrogens is 1200 g/mol. The lowest BCUT2D eigenvalue weighted by Crippen LogP contribution is -2.25. The third-order valence-electron chi connectivity index (χ3n) is 21.9. The van der Waals surface area contributed by atoms with E-state index in [4.69, 9.17) is 9.47 Å². The van der Waals surface area contributed by atoms with Gasteiger partial charge in [-0.05, 0) is 249 Å². The second kappa shape index (κ2) is 24.7. The molecule has 0 unspecified atom stereocenters. The normalized spacial score (nSPS) is 14.4. The van der Waals surface area contributed by atoms with Crippen molar-refractivity contribution in [2.75, 3.05) is 13.2 Å². The number of nitrogens with zero attached hydrogens (tertiary/aromatic N) is 2. The first-order valence-electron chi connectivity index (χ1n) is 37.0. The predicted molar refractivity (Wildman–Crippen MR) is 419 cm³/mol. The minimum Gasteiger partial charge on any atom is -0.505 e. The summed E-state index contributed by atoms with van der Waals surface area (Å²) >= 11 is 0. The fraction of sp³-hybridized carbons (Fsp3) is 0.478. The van der Waals surface area contributed by atoms with Crippen LogP contribution in [0.25, 0.3) is 77.2 Å². The summed E-state index contributed by atoms with van der Waals surface area (Å²) in [5.41, 5.74) is 23.9. The van der Waals surface area contributed by atoms with E-state index in [9.17, 15) is 10.2 Å². The highest BCUT2D eigenvalue weighted by Gasteiger charge is 2.36. The number of phenolic OH excluding ortho intramolecular Hbond substituents is 2. The van der Waals surface area contributed by atoms with Gasteiger partial charge in [0.2, 0.25) is 0 Å². The van der Waals surface area contributed by atoms with Crippen LogP contribution in [0.4, 0.5) is 0 Å². The van der Waals surface area contributed by atoms with Crippen LogP contribution in [0.2, 0.25) is 0 Å². The first-order valence-corrected chi connectivity index (χ1v) is 37.0. The summed E-state index contributed by atoms with van der Waals surface area (Å²) in [6.07, 6.45) is 9.46. The van der Waals surface area contributed by atoms with Crippen molar-refractivity contribution in [3.05, 3.63) is 176 Å². The number of unbranched alkanes of at least 4 members (excludes halogenated alkanes) is 1. The number of aromatic nitrogens is 2. The van der Waals surface area contributed by atoms with Gasteiger partial charge in [0.1, 0.15) is 23.0 Å². The van der Waals surface area contributed by atoms with Gasteiger partial charge in [-0.1, -0.05) is 201 Å². The first kappa shape index (κ1) is 70.4. The van der Waals surface area contributed by atoms with Crippen LogP contribution in [0.15, 0.2) is 109 Å². The molecule has 0 bridgehead atoms. The molecule has 2 N–H and O–H groups in total. The minimum absolute atomic E-state index is 0.0445. The van der Waals surface area contributed by atoms with Gasteiger partial charge in [-0.2, -0.15) is 0 Å². The Kier molecular flexibility index (Phi) is 17.8. The number of rotatable bonds is 15. The van der Waals surface area contributed by atoms with Crippen LogP contribution >= 0.6 is 0 Å². The molecule has 2 aliphatic carbocycles. The number of hydrogen-bond acceptors (Lipinski definition) is 4. The van der Waals surface area contributed by atoms with Crippen molar-refractivity contribution in [3.63, 3.8) is 0 Å². The third-order valence-corrected chi connectivity index (χ3v) is 21.9. The number of phenols is 2. The molecule has 8 aromatic carbocycles. The summed E-state index contributed by atoms with van der Waals surface area (Å²) in [4.78, 5) is 0. The Morgan fingerprint density at radius 1 is 0.337 bits per heavy atom. The Morgan fingerprint density at radius 3 is 0.898 bits per heavy atom. The molecule has 12 rings (SSSR count). The quantitative estimate of drug-likeness (QED) is 0.100. The molecule has 518 valence electrons. The molecule has 2 aliphatic rings. The summed E-state index contributed by atoms with van der Waals surface area (Å²) in [6.45, 7) is 56.5. The van der Waals surface area contributed by atoms with Crippen LogP contribution in [0.3, 0.4) is 0 Å². The van der Waals surface area contributed by atoms with Gasteiger partial charge in [0.15, 0.2) is 0 Å². The Morgan fingerprint density at radius 2 is 0.622 bits per heavy atom. The Balaban J connectivity index is 0.942. The molecule has 10 aromatic rings. The van der Waals surface area contributed by atoms with Crippen LogP contribution in [0.5, 0.6) is 23.0 Å². The number of benzene rings is 8. The molecule has 0 radical (unpaired) electrons. The summed E-state index contributed by atoms with van der Waals surface area (Å²) in [7, 11) is 0. The highest BCUT2D eigenvalue weighted by atomic mass is 16.5. The second-order valence-electron chi connectivity index (χ2n) is 37.8. The van der Waals surface area contributed by atoms with E-state index in [0.717, 1.165) is 131 Å². The van der Waals surface area contributed by atoms with Crippen molar-refractivity contribution < 1.29 is 19.7 Å². The molecule has 2 heterocycles.